The number of aromatic nitrogens is 3. The lowest BCUT2D eigenvalue weighted by molar-refractivity contribution is 0.100. The number of anilines is 1. The number of carbonyl (C=O) groups is 1. The summed E-state index contributed by atoms with van der Waals surface area (Å²) < 4.78 is 0. The summed E-state index contributed by atoms with van der Waals surface area (Å²) in [5.41, 5.74) is 11.2. The molecule has 3 N–H and O–H groups in total. The molecule has 0 radical (unpaired) electrons. The van der Waals surface area contributed by atoms with E-state index < -0.39 is 5.91 Å². The van der Waals surface area contributed by atoms with E-state index in [1.165, 1.54) is 5.56 Å². The SMILES string of the molecule is Cc1[nH]nc2ncc(CN3CCc4ccc(C(N)=O)cc43)cc12. The van der Waals surface area contributed by atoms with Crippen molar-refractivity contribution in [2.75, 3.05) is 11.4 Å². The van der Waals surface area contributed by atoms with Gasteiger partial charge in [-0.05, 0) is 42.7 Å². The zero-order valence-corrected chi connectivity index (χ0v) is 12.8. The summed E-state index contributed by atoms with van der Waals surface area (Å²) >= 11 is 0. The number of pyridine rings is 1. The Bertz CT molecular complexity index is 914. The van der Waals surface area contributed by atoms with E-state index in [-0.39, 0.29) is 0 Å². The van der Waals surface area contributed by atoms with E-state index in [9.17, 15) is 4.79 Å². The van der Waals surface area contributed by atoms with Gasteiger partial charge in [-0.3, -0.25) is 9.89 Å². The highest BCUT2D eigenvalue weighted by Crippen LogP contribution is 2.30. The summed E-state index contributed by atoms with van der Waals surface area (Å²) in [6.07, 6.45) is 2.84. The Morgan fingerprint density at radius 2 is 2.26 bits per heavy atom. The lowest BCUT2D eigenvalue weighted by atomic mass is 10.1. The van der Waals surface area contributed by atoms with Gasteiger partial charge in [-0.1, -0.05) is 6.07 Å². The highest BCUT2D eigenvalue weighted by atomic mass is 16.1. The van der Waals surface area contributed by atoms with Gasteiger partial charge in [-0.2, -0.15) is 5.10 Å². The van der Waals surface area contributed by atoms with Crippen molar-refractivity contribution < 1.29 is 4.79 Å². The van der Waals surface area contributed by atoms with E-state index in [2.05, 4.69) is 26.1 Å². The molecule has 116 valence electrons. The van der Waals surface area contributed by atoms with Crippen LogP contribution in [0.3, 0.4) is 0 Å². The quantitative estimate of drug-likeness (QED) is 0.774. The van der Waals surface area contributed by atoms with Crippen molar-refractivity contribution in [1.82, 2.24) is 15.2 Å². The fourth-order valence-electron chi connectivity index (χ4n) is 3.13. The van der Waals surface area contributed by atoms with Crippen molar-refractivity contribution in [2.24, 2.45) is 5.73 Å². The number of amides is 1. The molecular weight excluding hydrogens is 290 g/mol. The second-order valence-electron chi connectivity index (χ2n) is 5.94. The number of H-pyrrole nitrogens is 1. The maximum Gasteiger partial charge on any atom is 0.248 e. The molecule has 1 amide bonds. The molecule has 1 aliphatic heterocycles. The largest absolute Gasteiger partial charge is 0.367 e. The van der Waals surface area contributed by atoms with E-state index >= 15 is 0 Å². The van der Waals surface area contributed by atoms with Gasteiger partial charge in [-0.15, -0.1) is 0 Å². The number of rotatable bonds is 3. The summed E-state index contributed by atoms with van der Waals surface area (Å²) in [5, 5.41) is 8.16. The van der Waals surface area contributed by atoms with Gasteiger partial charge in [0.05, 0.1) is 0 Å². The molecule has 23 heavy (non-hydrogen) atoms. The third kappa shape index (κ3) is 2.32. The average Bonchev–Trinajstić information content (AvgIpc) is 3.11. The molecule has 2 aromatic heterocycles. The molecule has 0 fully saturated rings. The van der Waals surface area contributed by atoms with Crippen LogP contribution in [0.15, 0.2) is 30.5 Å². The highest BCUT2D eigenvalue weighted by molar-refractivity contribution is 5.94. The molecular formula is C17H17N5O. The van der Waals surface area contributed by atoms with Gasteiger partial charge in [-0.25, -0.2) is 4.98 Å². The fourth-order valence-corrected chi connectivity index (χ4v) is 3.13. The van der Waals surface area contributed by atoms with Crippen LogP contribution in [0.1, 0.15) is 27.2 Å². The Balaban J connectivity index is 1.66. The number of hydrogen-bond donors (Lipinski definition) is 2. The molecule has 3 aromatic rings. The summed E-state index contributed by atoms with van der Waals surface area (Å²) in [5.74, 6) is -0.392. The van der Waals surface area contributed by atoms with Crippen molar-refractivity contribution in [2.45, 2.75) is 19.9 Å². The fraction of sp³-hybridized carbons (Fsp3) is 0.235. The van der Waals surface area contributed by atoms with Gasteiger partial charge in [0.15, 0.2) is 5.65 Å². The van der Waals surface area contributed by atoms with E-state index in [0.29, 0.717) is 5.56 Å². The molecule has 1 aliphatic rings. The standard InChI is InChI=1S/C17H17N5O/c1-10-14-6-11(8-19-17(14)21-20-10)9-22-5-4-12-2-3-13(16(18)23)7-15(12)22/h2-3,6-8H,4-5,9H2,1H3,(H2,18,23)(H,19,20,21). The summed E-state index contributed by atoms with van der Waals surface area (Å²) in [7, 11) is 0. The minimum absolute atomic E-state index is 0.392. The van der Waals surface area contributed by atoms with Crippen LogP contribution in [0.4, 0.5) is 5.69 Å². The molecule has 4 rings (SSSR count). The van der Waals surface area contributed by atoms with Crippen LogP contribution in [-0.4, -0.2) is 27.6 Å². The predicted molar refractivity (Wildman–Crippen MR) is 88.3 cm³/mol. The molecule has 0 saturated carbocycles. The Hall–Kier alpha value is -2.89. The number of nitrogens with one attached hydrogen (secondary N) is 1. The van der Waals surface area contributed by atoms with Gasteiger partial charge < -0.3 is 10.6 Å². The predicted octanol–water partition coefficient (Wildman–Crippen LogP) is 1.93. The zero-order chi connectivity index (χ0) is 16.0. The van der Waals surface area contributed by atoms with Crippen molar-refractivity contribution in [1.29, 1.82) is 0 Å². The summed E-state index contributed by atoms with van der Waals surface area (Å²) in [4.78, 5) is 18.1. The van der Waals surface area contributed by atoms with Gasteiger partial charge >= 0.3 is 0 Å². The van der Waals surface area contributed by atoms with Gasteiger partial charge in [0.1, 0.15) is 0 Å². The monoisotopic (exact) mass is 307 g/mol. The molecule has 0 unspecified atom stereocenters. The van der Waals surface area contributed by atoms with E-state index in [1.807, 2.05) is 25.3 Å². The van der Waals surface area contributed by atoms with E-state index in [0.717, 1.165) is 47.5 Å². The maximum absolute atomic E-state index is 11.4. The first-order chi connectivity index (χ1) is 11.1. The lowest BCUT2D eigenvalue weighted by Crippen LogP contribution is -2.20. The van der Waals surface area contributed by atoms with Gasteiger partial charge in [0, 0.05) is 41.6 Å². The minimum atomic E-state index is -0.392. The number of nitrogens with two attached hydrogens (primary N) is 1. The Morgan fingerprint density at radius 3 is 3.09 bits per heavy atom. The third-order valence-corrected chi connectivity index (χ3v) is 4.39. The molecule has 1 aromatic carbocycles. The van der Waals surface area contributed by atoms with Crippen molar-refractivity contribution >= 4 is 22.6 Å². The summed E-state index contributed by atoms with van der Waals surface area (Å²) in [6.45, 7) is 3.67. The van der Waals surface area contributed by atoms with Crippen LogP contribution in [0.25, 0.3) is 11.0 Å². The molecule has 3 heterocycles. The van der Waals surface area contributed by atoms with Crippen molar-refractivity contribution in [3.63, 3.8) is 0 Å². The second kappa shape index (κ2) is 5.08. The van der Waals surface area contributed by atoms with Crippen LogP contribution in [0.5, 0.6) is 0 Å². The normalized spacial score (nSPS) is 13.5. The number of benzene rings is 1. The van der Waals surface area contributed by atoms with E-state index in [1.54, 1.807) is 6.07 Å². The van der Waals surface area contributed by atoms with E-state index in [4.69, 9.17) is 5.73 Å². The van der Waals surface area contributed by atoms with Crippen LogP contribution >= 0.6 is 0 Å². The van der Waals surface area contributed by atoms with Crippen LogP contribution in [-0.2, 0) is 13.0 Å². The highest BCUT2D eigenvalue weighted by Gasteiger charge is 2.20. The van der Waals surface area contributed by atoms with Crippen molar-refractivity contribution in [3.8, 4) is 0 Å². The number of carbonyl (C=O) groups excluding carboxylic acids is 1. The average molecular weight is 307 g/mol. The van der Waals surface area contributed by atoms with Crippen molar-refractivity contribution in [3.05, 3.63) is 52.8 Å². The molecule has 0 saturated heterocycles. The topological polar surface area (TPSA) is 87.9 Å². The molecule has 0 atom stereocenters. The first-order valence-corrected chi connectivity index (χ1v) is 7.59. The van der Waals surface area contributed by atoms with Gasteiger partial charge in [0.25, 0.3) is 0 Å². The minimum Gasteiger partial charge on any atom is -0.367 e. The second-order valence-corrected chi connectivity index (χ2v) is 5.94. The van der Waals surface area contributed by atoms with Crippen LogP contribution < -0.4 is 10.6 Å². The maximum atomic E-state index is 11.4. The number of aryl methyl sites for hydroxylation is 1. The number of nitrogens with zero attached hydrogens (tertiary/aromatic N) is 3. The van der Waals surface area contributed by atoms with Gasteiger partial charge in [0.2, 0.25) is 5.91 Å². The third-order valence-electron chi connectivity index (χ3n) is 4.39. The molecule has 0 bridgehead atoms. The number of aromatic amines is 1. The smallest absolute Gasteiger partial charge is 0.248 e. The number of fused-ring (bicyclic) bond motifs is 2. The Morgan fingerprint density at radius 1 is 1.39 bits per heavy atom. The van der Waals surface area contributed by atoms with Crippen LogP contribution in [0.2, 0.25) is 0 Å². The van der Waals surface area contributed by atoms with Crippen LogP contribution in [0, 0.1) is 6.92 Å². The molecule has 6 heteroatoms. The Kier molecular flexibility index (Phi) is 3.04. The molecule has 0 spiro atoms. The first kappa shape index (κ1) is 13.8. The summed E-state index contributed by atoms with van der Waals surface area (Å²) in [6, 6.07) is 7.81. The number of primary amides is 1. The number of hydrogen-bond acceptors (Lipinski definition) is 4. The lowest BCUT2D eigenvalue weighted by Gasteiger charge is -2.19. The Labute approximate surface area is 133 Å². The molecule has 6 nitrogen and oxygen atoms in total. The first-order valence-electron chi connectivity index (χ1n) is 7.59. The molecule has 0 aliphatic carbocycles. The zero-order valence-electron chi connectivity index (χ0n) is 12.8.